The maximum atomic E-state index is 13.5. The van der Waals surface area contributed by atoms with E-state index in [9.17, 15) is 4.39 Å². The van der Waals surface area contributed by atoms with Crippen LogP contribution in [-0.4, -0.2) is 31.5 Å². The third kappa shape index (κ3) is 2.26. The average Bonchev–Trinajstić information content (AvgIpc) is 2.86. The molecule has 0 bridgehead atoms. The van der Waals surface area contributed by atoms with Crippen LogP contribution in [0.1, 0.15) is 0 Å². The van der Waals surface area contributed by atoms with E-state index in [2.05, 4.69) is 10.1 Å². The summed E-state index contributed by atoms with van der Waals surface area (Å²) in [5.74, 6) is -0.0404. The summed E-state index contributed by atoms with van der Waals surface area (Å²) in [5, 5.41) is 3.67. The predicted octanol–water partition coefficient (Wildman–Crippen LogP) is 1.90. The molecule has 1 aliphatic heterocycles. The first kappa shape index (κ1) is 12.0. The second-order valence-electron chi connectivity index (χ2n) is 4.36. The molecule has 2 aromatic rings. The Morgan fingerprint density at radius 3 is 2.68 bits per heavy atom. The molecule has 0 atom stereocenters. The third-order valence-electron chi connectivity index (χ3n) is 3.20. The van der Waals surface area contributed by atoms with Gasteiger partial charge in [-0.3, -0.25) is 0 Å². The van der Waals surface area contributed by atoms with Crippen LogP contribution in [0.5, 0.6) is 0 Å². The molecule has 5 nitrogen and oxygen atoms in total. The lowest BCUT2D eigenvalue weighted by Gasteiger charge is -2.30. The van der Waals surface area contributed by atoms with Crippen LogP contribution in [0.2, 0.25) is 0 Å². The molecule has 0 amide bonds. The van der Waals surface area contributed by atoms with Crippen molar-refractivity contribution >= 4 is 11.6 Å². The molecule has 1 aliphatic rings. The first-order valence-corrected chi connectivity index (χ1v) is 6.08. The van der Waals surface area contributed by atoms with Crippen molar-refractivity contribution in [3.05, 3.63) is 30.2 Å². The molecule has 0 radical (unpaired) electrons. The van der Waals surface area contributed by atoms with Gasteiger partial charge in [0.15, 0.2) is 0 Å². The molecule has 2 N–H and O–H groups in total. The summed E-state index contributed by atoms with van der Waals surface area (Å²) in [7, 11) is 0. The van der Waals surface area contributed by atoms with Crippen LogP contribution in [0.15, 0.2) is 28.9 Å². The molecule has 1 saturated heterocycles. The Kier molecular flexibility index (Phi) is 3.08. The van der Waals surface area contributed by atoms with Gasteiger partial charge in [0, 0.05) is 24.3 Å². The Labute approximate surface area is 109 Å². The quantitative estimate of drug-likeness (QED) is 0.896. The molecular weight excluding hydrogens is 249 g/mol. The molecule has 6 heteroatoms. The summed E-state index contributed by atoms with van der Waals surface area (Å²) in [5.41, 5.74) is 8.04. The topological polar surface area (TPSA) is 64.5 Å². The lowest BCUT2D eigenvalue weighted by molar-refractivity contribution is 0.122. The molecule has 0 spiro atoms. The zero-order chi connectivity index (χ0) is 13.2. The Bertz CT molecular complexity index is 579. The Balaban J connectivity index is 2.06. The van der Waals surface area contributed by atoms with Crippen molar-refractivity contribution in [2.24, 2.45) is 0 Å². The summed E-state index contributed by atoms with van der Waals surface area (Å²) in [6.07, 6.45) is 1.55. The highest BCUT2D eigenvalue weighted by Crippen LogP contribution is 2.35. The van der Waals surface area contributed by atoms with Gasteiger partial charge in [0.05, 0.1) is 25.0 Å². The van der Waals surface area contributed by atoms with Crippen molar-refractivity contribution in [3.63, 3.8) is 0 Å². The summed E-state index contributed by atoms with van der Waals surface area (Å²) in [6, 6.07) is 4.61. The van der Waals surface area contributed by atoms with Crippen LogP contribution in [0, 0.1) is 5.82 Å². The van der Waals surface area contributed by atoms with E-state index in [0.29, 0.717) is 18.8 Å². The molecule has 0 aliphatic carbocycles. The zero-order valence-electron chi connectivity index (χ0n) is 10.3. The minimum Gasteiger partial charge on any atom is -0.378 e. The van der Waals surface area contributed by atoms with Crippen molar-refractivity contribution in [3.8, 4) is 11.1 Å². The van der Waals surface area contributed by atoms with E-state index in [0.717, 1.165) is 24.3 Å². The van der Waals surface area contributed by atoms with Gasteiger partial charge in [-0.1, -0.05) is 5.16 Å². The van der Waals surface area contributed by atoms with Gasteiger partial charge >= 0.3 is 0 Å². The van der Waals surface area contributed by atoms with Gasteiger partial charge in [0.1, 0.15) is 5.82 Å². The maximum Gasteiger partial charge on any atom is 0.230 e. The van der Waals surface area contributed by atoms with E-state index in [-0.39, 0.29) is 11.7 Å². The van der Waals surface area contributed by atoms with Crippen LogP contribution < -0.4 is 10.6 Å². The van der Waals surface area contributed by atoms with Crippen molar-refractivity contribution in [2.75, 3.05) is 36.9 Å². The largest absolute Gasteiger partial charge is 0.378 e. The number of benzene rings is 1. The minimum absolute atomic E-state index is 0.237. The van der Waals surface area contributed by atoms with Crippen molar-refractivity contribution in [1.82, 2.24) is 5.16 Å². The van der Waals surface area contributed by atoms with Crippen LogP contribution in [0.3, 0.4) is 0 Å². The normalized spacial score (nSPS) is 15.7. The first-order valence-electron chi connectivity index (χ1n) is 6.08. The maximum absolute atomic E-state index is 13.5. The third-order valence-corrected chi connectivity index (χ3v) is 3.20. The fourth-order valence-electron chi connectivity index (χ4n) is 2.25. The first-order chi connectivity index (χ1) is 9.25. The summed E-state index contributed by atoms with van der Waals surface area (Å²) < 4.78 is 23.7. The molecule has 3 rings (SSSR count). The minimum atomic E-state index is -0.278. The Morgan fingerprint density at radius 2 is 2.00 bits per heavy atom. The molecule has 19 heavy (non-hydrogen) atoms. The van der Waals surface area contributed by atoms with Crippen LogP contribution in [-0.2, 0) is 4.74 Å². The van der Waals surface area contributed by atoms with Crippen molar-refractivity contribution in [2.45, 2.75) is 0 Å². The summed E-state index contributed by atoms with van der Waals surface area (Å²) in [4.78, 5) is 2.08. The number of ether oxygens (including phenoxy) is 1. The van der Waals surface area contributed by atoms with Crippen LogP contribution in [0.25, 0.3) is 11.1 Å². The molecule has 0 unspecified atom stereocenters. The standard InChI is InChI=1S/C13H14FN3O2/c14-9-1-2-10(11-8-16-19-13(11)15)12(7-9)17-3-5-18-6-4-17/h1-2,7-8H,3-6,15H2. The van der Waals surface area contributed by atoms with Crippen molar-refractivity contribution < 1.29 is 13.7 Å². The monoisotopic (exact) mass is 263 g/mol. The Hall–Kier alpha value is -2.08. The van der Waals surface area contributed by atoms with Gasteiger partial charge in [0.2, 0.25) is 5.88 Å². The van der Waals surface area contributed by atoms with Crippen LogP contribution >= 0.6 is 0 Å². The lowest BCUT2D eigenvalue weighted by atomic mass is 10.1. The molecule has 2 heterocycles. The fourth-order valence-corrected chi connectivity index (χ4v) is 2.25. The zero-order valence-corrected chi connectivity index (χ0v) is 10.3. The van der Waals surface area contributed by atoms with Gasteiger partial charge in [-0.15, -0.1) is 0 Å². The molecule has 1 aromatic carbocycles. The predicted molar refractivity (Wildman–Crippen MR) is 69.3 cm³/mol. The number of halogens is 1. The average molecular weight is 263 g/mol. The van der Waals surface area contributed by atoms with Crippen molar-refractivity contribution in [1.29, 1.82) is 0 Å². The number of rotatable bonds is 2. The van der Waals surface area contributed by atoms with E-state index in [1.807, 2.05) is 0 Å². The van der Waals surface area contributed by atoms with Crippen LogP contribution in [0.4, 0.5) is 16.0 Å². The van der Waals surface area contributed by atoms with E-state index in [1.165, 1.54) is 12.1 Å². The second-order valence-corrected chi connectivity index (χ2v) is 4.36. The van der Waals surface area contributed by atoms with E-state index in [4.69, 9.17) is 15.0 Å². The SMILES string of the molecule is Nc1oncc1-c1ccc(F)cc1N1CCOCC1. The molecule has 1 fully saturated rings. The number of nitrogens with two attached hydrogens (primary N) is 1. The fraction of sp³-hybridized carbons (Fsp3) is 0.308. The molecule has 100 valence electrons. The number of morpholine rings is 1. The number of hydrogen-bond acceptors (Lipinski definition) is 5. The number of aromatic nitrogens is 1. The summed E-state index contributed by atoms with van der Waals surface area (Å²) in [6.45, 7) is 2.72. The van der Waals surface area contributed by atoms with Gasteiger partial charge in [-0.05, 0) is 18.2 Å². The van der Waals surface area contributed by atoms with Gasteiger partial charge in [0.25, 0.3) is 0 Å². The number of nitrogens with zero attached hydrogens (tertiary/aromatic N) is 2. The smallest absolute Gasteiger partial charge is 0.230 e. The highest BCUT2D eigenvalue weighted by molar-refractivity contribution is 5.83. The molecular formula is C13H14FN3O2. The highest BCUT2D eigenvalue weighted by Gasteiger charge is 2.19. The summed E-state index contributed by atoms with van der Waals surface area (Å²) >= 11 is 0. The van der Waals surface area contributed by atoms with Gasteiger partial charge in [-0.25, -0.2) is 4.39 Å². The van der Waals surface area contributed by atoms with E-state index >= 15 is 0 Å². The van der Waals surface area contributed by atoms with E-state index in [1.54, 1.807) is 12.3 Å². The molecule has 1 aromatic heterocycles. The van der Waals surface area contributed by atoms with Gasteiger partial charge in [-0.2, -0.15) is 0 Å². The number of anilines is 2. The number of nitrogen functional groups attached to an aromatic ring is 1. The van der Waals surface area contributed by atoms with Gasteiger partial charge < -0.3 is 19.9 Å². The lowest BCUT2D eigenvalue weighted by Crippen LogP contribution is -2.36. The molecule has 0 saturated carbocycles. The second kappa shape index (κ2) is 4.89. The Morgan fingerprint density at radius 1 is 1.21 bits per heavy atom. The number of hydrogen-bond donors (Lipinski definition) is 1. The highest BCUT2D eigenvalue weighted by atomic mass is 19.1. The van der Waals surface area contributed by atoms with E-state index < -0.39 is 0 Å².